The van der Waals surface area contributed by atoms with Crippen molar-refractivity contribution in [3.05, 3.63) is 0 Å². The molecule has 2 aliphatic rings. The molecule has 2 saturated carbocycles. The molecule has 1 amide bonds. The molecule has 0 aromatic rings. The van der Waals surface area contributed by atoms with E-state index < -0.39 is 0 Å². The SMILES string of the molecule is CC1(C)C(O)CC1NC(=O)CC1(N)CCCC1. The van der Waals surface area contributed by atoms with Crippen molar-refractivity contribution in [3.8, 4) is 0 Å². The Hall–Kier alpha value is -0.610. The van der Waals surface area contributed by atoms with Gasteiger partial charge in [0, 0.05) is 23.4 Å². The largest absolute Gasteiger partial charge is 0.392 e. The molecule has 4 nitrogen and oxygen atoms in total. The molecule has 0 aromatic heterocycles. The van der Waals surface area contributed by atoms with Crippen molar-refractivity contribution in [3.63, 3.8) is 0 Å². The molecule has 0 bridgehead atoms. The molecule has 2 unspecified atom stereocenters. The van der Waals surface area contributed by atoms with Crippen LogP contribution in [0.1, 0.15) is 52.4 Å². The van der Waals surface area contributed by atoms with Crippen molar-refractivity contribution < 1.29 is 9.90 Å². The van der Waals surface area contributed by atoms with E-state index in [0.29, 0.717) is 12.8 Å². The molecule has 2 aliphatic carbocycles. The minimum absolute atomic E-state index is 0.0411. The predicted octanol–water partition coefficient (Wildman–Crippen LogP) is 0.924. The first-order chi connectivity index (χ1) is 7.83. The summed E-state index contributed by atoms with van der Waals surface area (Å²) in [5.74, 6) is 0.0411. The highest BCUT2D eigenvalue weighted by atomic mass is 16.3. The first-order valence-corrected chi connectivity index (χ1v) is 6.60. The zero-order valence-electron chi connectivity index (χ0n) is 10.8. The third kappa shape index (κ3) is 2.47. The van der Waals surface area contributed by atoms with Crippen LogP contribution in [0.15, 0.2) is 0 Å². The van der Waals surface area contributed by atoms with Crippen LogP contribution < -0.4 is 11.1 Å². The average molecular weight is 240 g/mol. The zero-order chi connectivity index (χ0) is 12.7. The standard InChI is InChI=1S/C13H24N2O2/c1-12(2)9(7-10(12)16)15-11(17)8-13(14)5-3-4-6-13/h9-10,16H,3-8,14H2,1-2H3,(H,15,17). The van der Waals surface area contributed by atoms with Gasteiger partial charge in [0.25, 0.3) is 0 Å². The van der Waals surface area contributed by atoms with Gasteiger partial charge in [0.1, 0.15) is 0 Å². The normalized spacial score (nSPS) is 34.1. The predicted molar refractivity (Wildman–Crippen MR) is 66.3 cm³/mol. The maximum Gasteiger partial charge on any atom is 0.222 e. The fourth-order valence-electron chi connectivity index (χ4n) is 2.97. The second kappa shape index (κ2) is 4.25. The lowest BCUT2D eigenvalue weighted by Gasteiger charge is -2.49. The second-order valence-corrected chi connectivity index (χ2v) is 6.44. The molecule has 98 valence electrons. The number of hydrogen-bond donors (Lipinski definition) is 3. The van der Waals surface area contributed by atoms with E-state index in [1.807, 2.05) is 13.8 Å². The van der Waals surface area contributed by atoms with Crippen molar-refractivity contribution in [2.45, 2.75) is 70.1 Å². The first-order valence-electron chi connectivity index (χ1n) is 6.60. The van der Waals surface area contributed by atoms with Crippen LogP contribution in [0.5, 0.6) is 0 Å². The van der Waals surface area contributed by atoms with Crippen LogP contribution in [0.4, 0.5) is 0 Å². The summed E-state index contributed by atoms with van der Waals surface area (Å²) in [4.78, 5) is 11.9. The quantitative estimate of drug-likeness (QED) is 0.686. The van der Waals surface area contributed by atoms with E-state index in [0.717, 1.165) is 25.7 Å². The van der Waals surface area contributed by atoms with E-state index in [1.54, 1.807) is 0 Å². The lowest BCUT2D eigenvalue weighted by Crippen LogP contribution is -2.61. The summed E-state index contributed by atoms with van der Waals surface area (Å²) in [5, 5.41) is 12.6. The van der Waals surface area contributed by atoms with Gasteiger partial charge < -0.3 is 16.2 Å². The van der Waals surface area contributed by atoms with Gasteiger partial charge in [-0.05, 0) is 19.3 Å². The fraction of sp³-hybridized carbons (Fsp3) is 0.923. The number of aliphatic hydroxyl groups excluding tert-OH is 1. The van der Waals surface area contributed by atoms with Crippen molar-refractivity contribution in [1.29, 1.82) is 0 Å². The van der Waals surface area contributed by atoms with Gasteiger partial charge in [-0.25, -0.2) is 0 Å². The second-order valence-electron chi connectivity index (χ2n) is 6.44. The third-order valence-electron chi connectivity index (χ3n) is 4.66. The van der Waals surface area contributed by atoms with Crippen molar-refractivity contribution in [2.24, 2.45) is 11.1 Å². The minimum atomic E-state index is -0.300. The molecule has 0 spiro atoms. The molecule has 17 heavy (non-hydrogen) atoms. The minimum Gasteiger partial charge on any atom is -0.392 e. The summed E-state index contributed by atoms with van der Waals surface area (Å²) < 4.78 is 0. The Labute approximate surface area is 103 Å². The summed E-state index contributed by atoms with van der Waals surface area (Å²) in [5.41, 5.74) is 5.70. The molecular weight excluding hydrogens is 216 g/mol. The van der Waals surface area contributed by atoms with E-state index >= 15 is 0 Å². The number of carbonyl (C=O) groups is 1. The molecular formula is C13H24N2O2. The van der Waals surface area contributed by atoms with Gasteiger partial charge >= 0.3 is 0 Å². The van der Waals surface area contributed by atoms with Crippen LogP contribution in [0.25, 0.3) is 0 Å². The molecule has 0 aliphatic heterocycles. The van der Waals surface area contributed by atoms with Gasteiger partial charge in [-0.1, -0.05) is 26.7 Å². The third-order valence-corrected chi connectivity index (χ3v) is 4.66. The fourth-order valence-corrected chi connectivity index (χ4v) is 2.97. The molecule has 4 heteroatoms. The number of aliphatic hydroxyl groups is 1. The zero-order valence-corrected chi connectivity index (χ0v) is 10.8. The van der Waals surface area contributed by atoms with Crippen LogP contribution in [0.3, 0.4) is 0 Å². The molecule has 0 heterocycles. The lowest BCUT2D eigenvalue weighted by molar-refractivity contribution is -0.130. The number of carbonyl (C=O) groups excluding carboxylic acids is 1. The van der Waals surface area contributed by atoms with E-state index in [-0.39, 0.29) is 29.0 Å². The van der Waals surface area contributed by atoms with Crippen molar-refractivity contribution >= 4 is 5.91 Å². The number of rotatable bonds is 3. The topological polar surface area (TPSA) is 75.3 Å². The molecule has 0 saturated heterocycles. The Bertz CT molecular complexity index is 309. The van der Waals surface area contributed by atoms with E-state index in [2.05, 4.69) is 5.32 Å². The van der Waals surface area contributed by atoms with Crippen LogP contribution in [-0.2, 0) is 4.79 Å². The molecule has 0 aromatic carbocycles. The van der Waals surface area contributed by atoms with Crippen LogP contribution in [0, 0.1) is 5.41 Å². The Morgan fingerprint density at radius 1 is 1.41 bits per heavy atom. The Kier molecular flexibility index (Phi) is 3.21. The molecule has 0 radical (unpaired) electrons. The summed E-state index contributed by atoms with van der Waals surface area (Å²) in [6, 6.07) is 0.0926. The summed E-state index contributed by atoms with van der Waals surface area (Å²) in [6.45, 7) is 3.97. The van der Waals surface area contributed by atoms with Crippen molar-refractivity contribution in [2.75, 3.05) is 0 Å². The molecule has 2 atom stereocenters. The highest BCUT2D eigenvalue weighted by Gasteiger charge is 2.48. The average Bonchev–Trinajstić information content (AvgIpc) is 2.64. The Morgan fingerprint density at radius 3 is 2.47 bits per heavy atom. The number of nitrogens with one attached hydrogen (secondary N) is 1. The summed E-state index contributed by atoms with van der Waals surface area (Å²) in [6.07, 6.45) is 4.97. The smallest absolute Gasteiger partial charge is 0.222 e. The maximum atomic E-state index is 11.9. The summed E-state index contributed by atoms with van der Waals surface area (Å²) in [7, 11) is 0. The van der Waals surface area contributed by atoms with E-state index in [9.17, 15) is 9.90 Å². The van der Waals surface area contributed by atoms with Gasteiger partial charge in [-0.2, -0.15) is 0 Å². The number of amides is 1. The number of hydrogen-bond acceptors (Lipinski definition) is 3. The summed E-state index contributed by atoms with van der Waals surface area (Å²) >= 11 is 0. The van der Waals surface area contributed by atoms with Gasteiger partial charge in [-0.15, -0.1) is 0 Å². The highest BCUT2D eigenvalue weighted by Crippen LogP contribution is 2.40. The number of nitrogens with two attached hydrogens (primary N) is 1. The highest BCUT2D eigenvalue weighted by molar-refractivity contribution is 5.77. The molecule has 4 N–H and O–H groups in total. The Balaban J connectivity index is 1.82. The van der Waals surface area contributed by atoms with Crippen LogP contribution in [0.2, 0.25) is 0 Å². The van der Waals surface area contributed by atoms with Gasteiger partial charge in [-0.3, -0.25) is 4.79 Å². The van der Waals surface area contributed by atoms with Crippen LogP contribution >= 0.6 is 0 Å². The van der Waals surface area contributed by atoms with Gasteiger partial charge in [0.05, 0.1) is 6.10 Å². The van der Waals surface area contributed by atoms with Gasteiger partial charge in [0.15, 0.2) is 0 Å². The Morgan fingerprint density at radius 2 is 2.00 bits per heavy atom. The molecule has 2 fully saturated rings. The first kappa shape index (κ1) is 12.8. The maximum absolute atomic E-state index is 11.9. The van der Waals surface area contributed by atoms with E-state index in [4.69, 9.17) is 5.73 Å². The van der Waals surface area contributed by atoms with Crippen LogP contribution in [-0.4, -0.2) is 28.7 Å². The van der Waals surface area contributed by atoms with Crippen molar-refractivity contribution in [1.82, 2.24) is 5.32 Å². The molecule has 2 rings (SSSR count). The van der Waals surface area contributed by atoms with E-state index in [1.165, 1.54) is 0 Å². The van der Waals surface area contributed by atoms with Gasteiger partial charge in [0.2, 0.25) is 5.91 Å². The monoisotopic (exact) mass is 240 g/mol. The lowest BCUT2D eigenvalue weighted by atomic mass is 9.64.